The van der Waals surface area contributed by atoms with Gasteiger partial charge in [0.2, 0.25) is 0 Å². The Hall–Kier alpha value is -1.60. The number of nitrogens with one attached hydrogen (secondary N) is 1. The summed E-state index contributed by atoms with van der Waals surface area (Å²) in [4.78, 5) is 6.90. The zero-order chi connectivity index (χ0) is 15.9. The van der Waals surface area contributed by atoms with Gasteiger partial charge in [-0.2, -0.15) is 0 Å². The van der Waals surface area contributed by atoms with Crippen molar-refractivity contribution < 1.29 is 0 Å². The van der Waals surface area contributed by atoms with Crippen molar-refractivity contribution in [1.82, 2.24) is 4.90 Å². The zero-order valence-corrected chi connectivity index (χ0v) is 16.1. The third kappa shape index (κ3) is 5.79. The van der Waals surface area contributed by atoms with E-state index in [0.29, 0.717) is 12.5 Å². The molecular formula is C19H25IN4. The van der Waals surface area contributed by atoms with Crippen LogP contribution >= 0.6 is 24.0 Å². The van der Waals surface area contributed by atoms with Crippen molar-refractivity contribution in [1.29, 1.82) is 0 Å². The fourth-order valence-electron chi connectivity index (χ4n) is 2.83. The number of guanidine groups is 1. The first-order chi connectivity index (χ1) is 11.3. The highest BCUT2D eigenvalue weighted by Crippen LogP contribution is 2.13. The molecule has 128 valence electrons. The normalized spacial score (nSPS) is 15.1. The van der Waals surface area contributed by atoms with E-state index in [4.69, 9.17) is 5.73 Å². The van der Waals surface area contributed by atoms with Gasteiger partial charge in [0.15, 0.2) is 5.96 Å². The molecule has 2 aromatic carbocycles. The number of aliphatic imine (C=N–C) groups is 1. The standard InChI is InChI=1S/C19H24N4.HI/c20-19(22-18-6-2-1-3-7-18)21-14-16-8-10-17(11-9-16)15-23-12-4-5-13-23;/h1-3,6-11H,4-5,12-15H2,(H3,20,21,22);1H. The van der Waals surface area contributed by atoms with E-state index in [1.165, 1.54) is 37.1 Å². The van der Waals surface area contributed by atoms with E-state index in [9.17, 15) is 0 Å². The maximum atomic E-state index is 5.92. The van der Waals surface area contributed by atoms with Gasteiger partial charge in [-0.3, -0.25) is 4.90 Å². The Balaban J connectivity index is 0.00000208. The molecule has 3 N–H and O–H groups in total. The Morgan fingerprint density at radius 3 is 2.25 bits per heavy atom. The summed E-state index contributed by atoms with van der Waals surface area (Å²) in [7, 11) is 0. The molecule has 1 saturated heterocycles. The number of hydrogen-bond acceptors (Lipinski definition) is 2. The molecule has 0 aliphatic carbocycles. The predicted octanol–water partition coefficient (Wildman–Crippen LogP) is 3.83. The van der Waals surface area contributed by atoms with Crippen LogP contribution in [0, 0.1) is 0 Å². The minimum atomic E-state index is 0. The highest BCUT2D eigenvalue weighted by Gasteiger charge is 2.11. The van der Waals surface area contributed by atoms with E-state index in [1.54, 1.807) is 0 Å². The molecule has 2 aromatic rings. The molecule has 1 aliphatic heterocycles. The maximum Gasteiger partial charge on any atom is 0.193 e. The Labute approximate surface area is 161 Å². The summed E-state index contributed by atoms with van der Waals surface area (Å²) >= 11 is 0. The molecule has 3 rings (SSSR count). The van der Waals surface area contributed by atoms with Crippen LogP contribution in [-0.4, -0.2) is 23.9 Å². The summed E-state index contributed by atoms with van der Waals surface area (Å²) in [5.41, 5.74) is 9.42. The molecule has 24 heavy (non-hydrogen) atoms. The van der Waals surface area contributed by atoms with Crippen molar-refractivity contribution in [2.75, 3.05) is 18.4 Å². The molecule has 1 fully saturated rings. The first kappa shape index (κ1) is 18.7. The topological polar surface area (TPSA) is 53.6 Å². The second-order valence-corrected chi connectivity index (χ2v) is 5.99. The Morgan fingerprint density at radius 2 is 1.58 bits per heavy atom. The maximum absolute atomic E-state index is 5.92. The number of nitrogens with two attached hydrogens (primary N) is 1. The number of anilines is 1. The van der Waals surface area contributed by atoms with Crippen LogP contribution in [0.3, 0.4) is 0 Å². The van der Waals surface area contributed by atoms with Gasteiger partial charge in [0.05, 0.1) is 6.54 Å². The van der Waals surface area contributed by atoms with E-state index < -0.39 is 0 Å². The van der Waals surface area contributed by atoms with Crippen molar-refractivity contribution in [3.63, 3.8) is 0 Å². The molecular weight excluding hydrogens is 411 g/mol. The molecule has 0 spiro atoms. The molecule has 5 heteroatoms. The van der Waals surface area contributed by atoms with Gasteiger partial charge >= 0.3 is 0 Å². The number of nitrogens with zero attached hydrogens (tertiary/aromatic N) is 2. The van der Waals surface area contributed by atoms with Gasteiger partial charge in [-0.1, -0.05) is 42.5 Å². The quantitative estimate of drug-likeness (QED) is 0.426. The fraction of sp³-hybridized carbons (Fsp3) is 0.316. The number of hydrogen-bond donors (Lipinski definition) is 2. The summed E-state index contributed by atoms with van der Waals surface area (Å²) < 4.78 is 0. The lowest BCUT2D eigenvalue weighted by Gasteiger charge is -2.14. The molecule has 0 radical (unpaired) electrons. The smallest absolute Gasteiger partial charge is 0.193 e. The molecule has 0 bridgehead atoms. The van der Waals surface area contributed by atoms with Crippen molar-refractivity contribution in [2.24, 2.45) is 10.7 Å². The Morgan fingerprint density at radius 1 is 0.958 bits per heavy atom. The molecule has 4 nitrogen and oxygen atoms in total. The van der Waals surface area contributed by atoms with Gasteiger partial charge in [0.25, 0.3) is 0 Å². The zero-order valence-electron chi connectivity index (χ0n) is 13.8. The van der Waals surface area contributed by atoms with Gasteiger partial charge in [-0.25, -0.2) is 4.99 Å². The average molecular weight is 436 g/mol. The summed E-state index contributed by atoms with van der Waals surface area (Å²) in [6, 6.07) is 18.5. The van der Waals surface area contributed by atoms with Crippen molar-refractivity contribution >= 4 is 35.6 Å². The first-order valence-electron chi connectivity index (χ1n) is 8.22. The SMILES string of the molecule is I.NC(=NCc1ccc(CN2CCCC2)cc1)Nc1ccccc1. The number of rotatable bonds is 5. The largest absolute Gasteiger partial charge is 0.370 e. The highest BCUT2D eigenvalue weighted by molar-refractivity contribution is 14.0. The van der Waals surface area contributed by atoms with Crippen LogP contribution < -0.4 is 11.1 Å². The van der Waals surface area contributed by atoms with Crippen LogP contribution in [0.25, 0.3) is 0 Å². The summed E-state index contributed by atoms with van der Waals surface area (Å²) in [5.74, 6) is 0.442. The fourth-order valence-corrected chi connectivity index (χ4v) is 2.83. The number of benzene rings is 2. The third-order valence-corrected chi connectivity index (χ3v) is 4.11. The van der Waals surface area contributed by atoms with Crippen molar-refractivity contribution in [3.8, 4) is 0 Å². The number of likely N-dealkylation sites (tertiary alicyclic amines) is 1. The van der Waals surface area contributed by atoms with Crippen LogP contribution in [0.5, 0.6) is 0 Å². The van der Waals surface area contributed by atoms with Crippen LogP contribution in [0.1, 0.15) is 24.0 Å². The van der Waals surface area contributed by atoms with Crippen LogP contribution in [0.2, 0.25) is 0 Å². The first-order valence-corrected chi connectivity index (χ1v) is 8.22. The van der Waals surface area contributed by atoms with Crippen LogP contribution in [0.4, 0.5) is 5.69 Å². The highest BCUT2D eigenvalue weighted by atomic mass is 127. The van der Waals surface area contributed by atoms with Gasteiger partial charge in [0.1, 0.15) is 0 Å². The third-order valence-electron chi connectivity index (χ3n) is 4.11. The molecule has 0 amide bonds. The van der Waals surface area contributed by atoms with E-state index >= 15 is 0 Å². The number of para-hydroxylation sites is 1. The summed E-state index contributed by atoms with van der Waals surface area (Å²) in [6.45, 7) is 4.11. The second-order valence-electron chi connectivity index (χ2n) is 5.99. The van der Waals surface area contributed by atoms with E-state index in [-0.39, 0.29) is 24.0 Å². The van der Waals surface area contributed by atoms with E-state index in [0.717, 1.165) is 12.2 Å². The summed E-state index contributed by atoms with van der Waals surface area (Å²) in [6.07, 6.45) is 2.67. The monoisotopic (exact) mass is 436 g/mol. The van der Waals surface area contributed by atoms with Crippen LogP contribution in [0.15, 0.2) is 59.6 Å². The number of halogens is 1. The lowest BCUT2D eigenvalue weighted by molar-refractivity contribution is 0.331. The lowest BCUT2D eigenvalue weighted by Crippen LogP contribution is -2.22. The van der Waals surface area contributed by atoms with Gasteiger partial charge in [0, 0.05) is 12.2 Å². The molecule has 1 heterocycles. The minimum absolute atomic E-state index is 0. The molecule has 0 unspecified atom stereocenters. The van der Waals surface area contributed by atoms with E-state index in [1.807, 2.05) is 30.3 Å². The molecule has 0 atom stereocenters. The average Bonchev–Trinajstić information content (AvgIpc) is 3.08. The van der Waals surface area contributed by atoms with Gasteiger partial charge in [-0.15, -0.1) is 24.0 Å². The van der Waals surface area contributed by atoms with E-state index in [2.05, 4.69) is 39.5 Å². The second kappa shape index (κ2) is 9.64. The van der Waals surface area contributed by atoms with Crippen molar-refractivity contribution in [2.45, 2.75) is 25.9 Å². The van der Waals surface area contributed by atoms with Crippen LogP contribution in [-0.2, 0) is 13.1 Å². The molecule has 1 aliphatic rings. The van der Waals surface area contributed by atoms with Gasteiger partial charge < -0.3 is 11.1 Å². The van der Waals surface area contributed by atoms with Gasteiger partial charge in [-0.05, 0) is 49.2 Å². The Kier molecular flexibility index (Phi) is 7.52. The minimum Gasteiger partial charge on any atom is -0.370 e. The molecule has 0 aromatic heterocycles. The van der Waals surface area contributed by atoms with Crippen molar-refractivity contribution in [3.05, 3.63) is 65.7 Å². The summed E-state index contributed by atoms with van der Waals surface area (Å²) in [5, 5.41) is 3.09. The lowest BCUT2D eigenvalue weighted by atomic mass is 10.1. The Bertz CT molecular complexity index is 634. The molecule has 0 saturated carbocycles. The predicted molar refractivity (Wildman–Crippen MR) is 112 cm³/mol.